The first-order valence-electron chi connectivity index (χ1n) is 5.78. The molecule has 1 N–H and O–H groups in total. The maximum absolute atomic E-state index is 11.5. The van der Waals surface area contributed by atoms with E-state index in [1.54, 1.807) is 6.92 Å². The molecule has 0 bridgehead atoms. The van der Waals surface area contributed by atoms with Crippen molar-refractivity contribution in [3.8, 4) is 6.07 Å². The van der Waals surface area contributed by atoms with Crippen molar-refractivity contribution in [3.05, 3.63) is 33.5 Å². The summed E-state index contributed by atoms with van der Waals surface area (Å²) in [6, 6.07) is 3.98. The minimum Gasteiger partial charge on any atom is -0.270 e. The lowest BCUT2D eigenvalue weighted by atomic mass is 10.2. The van der Waals surface area contributed by atoms with E-state index in [-0.39, 0.29) is 5.69 Å². The summed E-state index contributed by atoms with van der Waals surface area (Å²) in [6.45, 7) is 6.07. The molecular weight excluding hydrogens is 262 g/mol. The monoisotopic (exact) mass is 275 g/mol. The van der Waals surface area contributed by atoms with Gasteiger partial charge in [-0.25, -0.2) is 9.89 Å². The van der Waals surface area contributed by atoms with Gasteiger partial charge in [-0.05, 0) is 38.6 Å². The van der Waals surface area contributed by atoms with Crippen LogP contribution in [0.2, 0.25) is 0 Å². The number of H-pyrrole nitrogens is 1. The van der Waals surface area contributed by atoms with Crippen LogP contribution in [0.1, 0.15) is 23.9 Å². The lowest BCUT2D eigenvalue weighted by Crippen LogP contribution is -2.16. The minimum atomic E-state index is -0.244. The van der Waals surface area contributed by atoms with Gasteiger partial charge in [-0.3, -0.25) is 9.55 Å². The molecule has 0 aliphatic carbocycles. The Morgan fingerprint density at radius 1 is 1.53 bits per heavy atom. The third-order valence-corrected chi connectivity index (χ3v) is 3.68. The van der Waals surface area contributed by atoms with Crippen LogP contribution in [-0.4, -0.2) is 19.7 Å². The average Bonchev–Trinajstić information content (AvgIpc) is 2.69. The molecule has 0 aliphatic rings. The maximum Gasteiger partial charge on any atom is 0.343 e. The topological polar surface area (TPSA) is 87.4 Å². The van der Waals surface area contributed by atoms with Crippen LogP contribution < -0.4 is 5.69 Å². The number of aromatic nitrogens is 4. The van der Waals surface area contributed by atoms with E-state index in [4.69, 9.17) is 0 Å². The molecule has 2 aromatic rings. The Morgan fingerprint density at radius 3 is 2.89 bits per heavy atom. The minimum absolute atomic E-state index is 0.244. The maximum atomic E-state index is 11.5. The predicted molar refractivity (Wildman–Crippen MR) is 71.1 cm³/mol. The summed E-state index contributed by atoms with van der Waals surface area (Å²) in [6.07, 6.45) is 0. The van der Waals surface area contributed by atoms with Gasteiger partial charge in [-0.15, -0.1) is 5.10 Å². The van der Waals surface area contributed by atoms with E-state index in [0.29, 0.717) is 23.0 Å². The lowest BCUT2D eigenvalue weighted by molar-refractivity contribution is 0.660. The number of pyridine rings is 1. The van der Waals surface area contributed by atoms with Gasteiger partial charge in [0.2, 0.25) is 0 Å². The van der Waals surface area contributed by atoms with E-state index in [0.717, 1.165) is 10.6 Å². The fourth-order valence-corrected chi connectivity index (χ4v) is 2.90. The standard InChI is InChI=1S/C12H13N5OS/c1-4-17-11(18)15-16-12(17)19-10-5-7(2)14-8(3)9(10)6-13/h5H,4H2,1-3H3,(H,15,18). The lowest BCUT2D eigenvalue weighted by Gasteiger charge is -2.07. The SMILES string of the molecule is CCn1c(Sc2cc(C)nc(C)c2C#N)n[nH]c1=O. The molecular formula is C12H13N5OS. The van der Waals surface area contributed by atoms with Gasteiger partial charge in [0.05, 0.1) is 11.3 Å². The summed E-state index contributed by atoms with van der Waals surface area (Å²) in [5.41, 5.74) is 1.80. The molecule has 0 spiro atoms. The highest BCUT2D eigenvalue weighted by atomic mass is 32.2. The second kappa shape index (κ2) is 5.28. The molecule has 7 heteroatoms. The van der Waals surface area contributed by atoms with Crippen molar-refractivity contribution in [2.45, 2.75) is 37.4 Å². The largest absolute Gasteiger partial charge is 0.343 e. The van der Waals surface area contributed by atoms with Crippen LogP contribution in [0, 0.1) is 25.2 Å². The van der Waals surface area contributed by atoms with Crippen molar-refractivity contribution in [1.29, 1.82) is 5.26 Å². The highest BCUT2D eigenvalue weighted by Gasteiger charge is 2.14. The summed E-state index contributed by atoms with van der Waals surface area (Å²) in [5.74, 6) is 0. The number of hydrogen-bond acceptors (Lipinski definition) is 5. The molecule has 0 aliphatic heterocycles. The van der Waals surface area contributed by atoms with Crippen LogP contribution in [0.3, 0.4) is 0 Å². The molecule has 0 saturated carbocycles. The first-order valence-corrected chi connectivity index (χ1v) is 6.59. The Labute approximate surface area is 114 Å². The Kier molecular flexibility index (Phi) is 3.71. The van der Waals surface area contributed by atoms with Gasteiger partial charge in [0.25, 0.3) is 0 Å². The summed E-state index contributed by atoms with van der Waals surface area (Å²) in [7, 11) is 0. The molecule has 0 radical (unpaired) electrons. The second-order valence-corrected chi connectivity index (χ2v) is 5.00. The molecule has 0 amide bonds. The Bertz CT molecular complexity index is 710. The summed E-state index contributed by atoms with van der Waals surface area (Å²) in [4.78, 5) is 16.5. The van der Waals surface area contributed by atoms with E-state index in [1.807, 2.05) is 19.9 Å². The molecule has 6 nitrogen and oxygen atoms in total. The summed E-state index contributed by atoms with van der Waals surface area (Å²) < 4.78 is 1.52. The van der Waals surface area contributed by atoms with Crippen molar-refractivity contribution < 1.29 is 0 Å². The number of nitrogens with zero attached hydrogens (tertiary/aromatic N) is 4. The van der Waals surface area contributed by atoms with Gasteiger partial charge < -0.3 is 0 Å². The predicted octanol–water partition coefficient (Wildman–Crippen LogP) is 1.63. The molecule has 0 saturated heterocycles. The molecule has 2 rings (SSSR count). The van der Waals surface area contributed by atoms with Crippen LogP contribution in [0.25, 0.3) is 0 Å². The molecule has 2 aromatic heterocycles. The van der Waals surface area contributed by atoms with Crippen molar-refractivity contribution in [2.24, 2.45) is 0 Å². The molecule has 0 fully saturated rings. The van der Waals surface area contributed by atoms with E-state index in [1.165, 1.54) is 16.3 Å². The van der Waals surface area contributed by atoms with Gasteiger partial charge in [0, 0.05) is 17.1 Å². The van der Waals surface area contributed by atoms with Gasteiger partial charge >= 0.3 is 5.69 Å². The number of aryl methyl sites for hydroxylation is 2. The summed E-state index contributed by atoms with van der Waals surface area (Å²) >= 11 is 1.30. The Morgan fingerprint density at radius 2 is 2.26 bits per heavy atom. The van der Waals surface area contributed by atoms with Crippen LogP contribution in [-0.2, 0) is 6.54 Å². The van der Waals surface area contributed by atoms with Crippen molar-refractivity contribution in [3.63, 3.8) is 0 Å². The highest BCUT2D eigenvalue weighted by molar-refractivity contribution is 7.99. The van der Waals surface area contributed by atoms with Crippen LogP contribution in [0.15, 0.2) is 20.9 Å². The van der Waals surface area contributed by atoms with Gasteiger partial charge in [-0.1, -0.05) is 0 Å². The molecule has 98 valence electrons. The number of nitrogens with one attached hydrogen (secondary N) is 1. The first kappa shape index (κ1) is 13.4. The number of nitriles is 1. The molecule has 0 aromatic carbocycles. The normalized spacial score (nSPS) is 10.4. The van der Waals surface area contributed by atoms with Crippen molar-refractivity contribution in [2.75, 3.05) is 0 Å². The van der Waals surface area contributed by atoms with Crippen LogP contribution >= 0.6 is 11.8 Å². The zero-order chi connectivity index (χ0) is 14.0. The number of rotatable bonds is 3. The fourth-order valence-electron chi connectivity index (χ4n) is 1.77. The van der Waals surface area contributed by atoms with Crippen LogP contribution in [0.5, 0.6) is 0 Å². The van der Waals surface area contributed by atoms with Gasteiger partial charge in [0.15, 0.2) is 5.16 Å². The Balaban J connectivity index is 2.49. The molecule has 0 unspecified atom stereocenters. The zero-order valence-corrected chi connectivity index (χ0v) is 11.7. The zero-order valence-electron chi connectivity index (χ0n) is 10.9. The third kappa shape index (κ3) is 2.53. The molecule has 2 heterocycles. The number of aromatic amines is 1. The number of hydrogen-bond donors (Lipinski definition) is 1. The van der Waals surface area contributed by atoms with Crippen molar-refractivity contribution >= 4 is 11.8 Å². The van der Waals surface area contributed by atoms with Crippen molar-refractivity contribution in [1.82, 2.24) is 19.7 Å². The van der Waals surface area contributed by atoms with E-state index in [9.17, 15) is 10.1 Å². The van der Waals surface area contributed by atoms with E-state index < -0.39 is 0 Å². The van der Waals surface area contributed by atoms with Gasteiger partial charge in [0.1, 0.15) is 6.07 Å². The first-order chi connectivity index (χ1) is 9.06. The highest BCUT2D eigenvalue weighted by Crippen LogP contribution is 2.29. The molecule has 0 atom stereocenters. The average molecular weight is 275 g/mol. The molecule has 19 heavy (non-hydrogen) atoms. The van der Waals surface area contributed by atoms with E-state index >= 15 is 0 Å². The quantitative estimate of drug-likeness (QED) is 0.919. The summed E-state index contributed by atoms with van der Waals surface area (Å²) in [5, 5.41) is 16.1. The second-order valence-electron chi connectivity index (χ2n) is 3.99. The third-order valence-electron chi connectivity index (χ3n) is 2.64. The van der Waals surface area contributed by atoms with E-state index in [2.05, 4.69) is 21.3 Å². The Hall–Kier alpha value is -2.07. The fraction of sp³-hybridized carbons (Fsp3) is 0.333. The smallest absolute Gasteiger partial charge is 0.270 e. The van der Waals surface area contributed by atoms with Crippen LogP contribution in [0.4, 0.5) is 0 Å². The van der Waals surface area contributed by atoms with Gasteiger partial charge in [-0.2, -0.15) is 5.26 Å².